The van der Waals surface area contributed by atoms with Crippen molar-refractivity contribution in [2.75, 3.05) is 0 Å². The first-order chi connectivity index (χ1) is 6.59. The number of carbonyl (C=O) groups is 1. The van der Waals surface area contributed by atoms with Crippen molar-refractivity contribution < 1.29 is 14.5 Å². The van der Waals surface area contributed by atoms with Crippen molar-refractivity contribution >= 4 is 17.0 Å². The molecular weight excluding hydrogens is 210 g/mol. The van der Waals surface area contributed by atoms with Gasteiger partial charge in [0.15, 0.2) is 0 Å². The van der Waals surface area contributed by atoms with Crippen molar-refractivity contribution in [3.63, 3.8) is 0 Å². The average molecular weight is 216 g/mol. The molecule has 0 saturated carbocycles. The van der Waals surface area contributed by atoms with Gasteiger partial charge < -0.3 is 4.74 Å². The normalized spacial score (nSPS) is 9.50. The molecule has 1 aromatic carbocycles. The van der Waals surface area contributed by atoms with Crippen LogP contribution >= 0.6 is 11.6 Å². The summed E-state index contributed by atoms with van der Waals surface area (Å²) in [5, 5.41) is 10.2. The van der Waals surface area contributed by atoms with Gasteiger partial charge in [-0.25, -0.2) is 4.79 Å². The highest BCUT2D eigenvalue weighted by Crippen LogP contribution is 2.19. The van der Waals surface area contributed by atoms with Gasteiger partial charge in [0.25, 0.3) is 0 Å². The van der Waals surface area contributed by atoms with E-state index in [0.29, 0.717) is 5.56 Å². The number of nitrogens with zero attached hydrogens (tertiary/aromatic N) is 1. The number of para-hydroxylation sites is 1. The number of benzene rings is 1. The van der Waals surface area contributed by atoms with Gasteiger partial charge in [-0.2, -0.15) is 0 Å². The van der Waals surface area contributed by atoms with Gasteiger partial charge in [0.05, 0.1) is 5.56 Å². The molecule has 0 bridgehead atoms. The first-order valence-electron chi connectivity index (χ1n) is 3.66. The molecule has 0 amide bonds. The molecule has 14 heavy (non-hydrogen) atoms. The van der Waals surface area contributed by atoms with Crippen LogP contribution in [0, 0.1) is 10.1 Å². The fraction of sp³-hybridized carbons (Fsp3) is 0.125. The number of rotatable bonds is 3. The van der Waals surface area contributed by atoms with Gasteiger partial charge in [0.2, 0.25) is 6.54 Å². The summed E-state index contributed by atoms with van der Waals surface area (Å²) in [4.78, 5) is 20.2. The molecule has 1 rings (SSSR count). The molecule has 0 aromatic heterocycles. The van der Waals surface area contributed by atoms with Crippen LogP contribution < -0.4 is 4.74 Å². The quantitative estimate of drug-likeness (QED) is 0.440. The van der Waals surface area contributed by atoms with Gasteiger partial charge in [-0.3, -0.25) is 10.1 Å². The second-order valence-electron chi connectivity index (χ2n) is 2.44. The predicted octanol–water partition coefficient (Wildman–Crippen LogP) is 2.20. The summed E-state index contributed by atoms with van der Waals surface area (Å²) in [5.74, 6) is 0.115. The van der Waals surface area contributed by atoms with Crippen LogP contribution in [0.5, 0.6) is 5.75 Å². The summed E-state index contributed by atoms with van der Waals surface area (Å²) in [6.07, 6.45) is 0. The minimum Gasteiger partial charge on any atom is -0.414 e. The predicted molar refractivity (Wildman–Crippen MR) is 49.0 cm³/mol. The van der Waals surface area contributed by atoms with Crippen LogP contribution in [0.15, 0.2) is 24.3 Å². The largest absolute Gasteiger partial charge is 0.414 e. The van der Waals surface area contributed by atoms with Gasteiger partial charge >= 0.3 is 5.43 Å². The van der Waals surface area contributed by atoms with Crippen molar-refractivity contribution in [3.8, 4) is 5.75 Å². The summed E-state index contributed by atoms with van der Waals surface area (Å²) < 4.78 is 4.57. The Balaban J connectivity index is 2.90. The number of ether oxygens (including phenoxy) is 1. The third-order valence-electron chi connectivity index (χ3n) is 1.46. The minimum atomic E-state index is -1.01. The van der Waals surface area contributed by atoms with E-state index in [0.717, 1.165) is 0 Å². The molecule has 0 radical (unpaired) electrons. The maximum Gasteiger partial charge on any atom is 0.409 e. The summed E-state index contributed by atoms with van der Waals surface area (Å²) in [5.41, 5.74) is -0.702. The zero-order valence-electron chi connectivity index (χ0n) is 6.97. The first kappa shape index (κ1) is 10.5. The van der Waals surface area contributed by atoms with E-state index < -0.39 is 16.9 Å². The lowest BCUT2D eigenvalue weighted by Crippen LogP contribution is -2.04. The van der Waals surface area contributed by atoms with Crippen LogP contribution in [-0.4, -0.2) is 10.4 Å². The Morgan fingerprint density at radius 1 is 1.50 bits per heavy atom. The van der Waals surface area contributed by atoms with Crippen molar-refractivity contribution in [3.05, 3.63) is 39.9 Å². The van der Waals surface area contributed by atoms with E-state index in [2.05, 4.69) is 4.74 Å². The second-order valence-corrected chi connectivity index (χ2v) is 2.75. The van der Waals surface area contributed by atoms with Gasteiger partial charge in [0, 0.05) is 16.5 Å². The SMILES string of the molecule is O=C(Cl)Oc1ccccc1C[N+](=O)[O-]. The molecule has 0 atom stereocenters. The van der Waals surface area contributed by atoms with E-state index in [1.807, 2.05) is 0 Å². The highest BCUT2D eigenvalue weighted by atomic mass is 35.5. The smallest absolute Gasteiger partial charge is 0.409 e. The lowest BCUT2D eigenvalue weighted by Gasteiger charge is -2.03. The number of carbonyl (C=O) groups excluding carboxylic acids is 1. The van der Waals surface area contributed by atoms with Gasteiger partial charge in [0.1, 0.15) is 5.75 Å². The van der Waals surface area contributed by atoms with Crippen molar-refractivity contribution in [1.29, 1.82) is 0 Å². The van der Waals surface area contributed by atoms with E-state index in [1.54, 1.807) is 12.1 Å². The molecule has 0 aliphatic rings. The molecule has 5 nitrogen and oxygen atoms in total. The van der Waals surface area contributed by atoms with Crippen LogP contribution in [0.4, 0.5) is 4.79 Å². The van der Waals surface area contributed by atoms with Crippen LogP contribution in [0.1, 0.15) is 5.56 Å². The van der Waals surface area contributed by atoms with E-state index >= 15 is 0 Å². The summed E-state index contributed by atoms with van der Waals surface area (Å²) in [6.45, 7) is -0.402. The molecule has 0 unspecified atom stereocenters. The van der Waals surface area contributed by atoms with Crippen molar-refractivity contribution in [1.82, 2.24) is 0 Å². The van der Waals surface area contributed by atoms with E-state index in [9.17, 15) is 14.9 Å². The van der Waals surface area contributed by atoms with Crippen LogP contribution in [0.2, 0.25) is 0 Å². The minimum absolute atomic E-state index is 0.115. The lowest BCUT2D eigenvalue weighted by atomic mass is 10.2. The lowest BCUT2D eigenvalue weighted by molar-refractivity contribution is -0.496. The molecule has 74 valence electrons. The van der Waals surface area contributed by atoms with Gasteiger partial charge in [-0.1, -0.05) is 12.1 Å². The molecule has 0 saturated heterocycles. The number of nitro groups is 1. The van der Waals surface area contributed by atoms with E-state index in [4.69, 9.17) is 11.6 Å². The standard InChI is InChI=1S/C8H6ClNO4/c9-8(11)14-7-4-2-1-3-6(7)5-10(12)13/h1-4H,5H2. The van der Waals surface area contributed by atoms with Crippen molar-refractivity contribution in [2.24, 2.45) is 0 Å². The Morgan fingerprint density at radius 3 is 2.71 bits per heavy atom. The zero-order valence-corrected chi connectivity index (χ0v) is 7.73. The van der Waals surface area contributed by atoms with Gasteiger partial charge in [-0.15, -0.1) is 0 Å². The average Bonchev–Trinajstić information content (AvgIpc) is 2.06. The van der Waals surface area contributed by atoms with E-state index in [-0.39, 0.29) is 5.75 Å². The Morgan fingerprint density at radius 2 is 2.14 bits per heavy atom. The van der Waals surface area contributed by atoms with Crippen LogP contribution in [0.25, 0.3) is 0 Å². The summed E-state index contributed by atoms with van der Waals surface area (Å²) in [7, 11) is 0. The fourth-order valence-corrected chi connectivity index (χ4v) is 1.04. The molecular formula is C8H6ClNO4. The fourth-order valence-electron chi connectivity index (χ4n) is 0.960. The van der Waals surface area contributed by atoms with E-state index in [1.165, 1.54) is 12.1 Å². The molecule has 0 aliphatic heterocycles. The number of halogens is 1. The molecule has 0 N–H and O–H groups in total. The third kappa shape index (κ3) is 3.02. The topological polar surface area (TPSA) is 69.4 Å². The molecule has 6 heteroatoms. The molecule has 0 fully saturated rings. The monoisotopic (exact) mass is 215 g/mol. The Hall–Kier alpha value is -1.62. The van der Waals surface area contributed by atoms with Crippen molar-refractivity contribution in [2.45, 2.75) is 6.54 Å². The number of hydrogen-bond donors (Lipinski definition) is 0. The highest BCUT2D eigenvalue weighted by molar-refractivity contribution is 6.61. The van der Waals surface area contributed by atoms with Gasteiger partial charge in [-0.05, 0) is 12.1 Å². The number of hydrogen-bond acceptors (Lipinski definition) is 4. The molecule has 0 aliphatic carbocycles. The molecule has 0 heterocycles. The zero-order chi connectivity index (χ0) is 10.6. The highest BCUT2D eigenvalue weighted by Gasteiger charge is 2.10. The Kier molecular flexibility index (Phi) is 3.41. The maximum absolute atomic E-state index is 10.4. The molecule has 0 spiro atoms. The van der Waals surface area contributed by atoms with Crippen LogP contribution in [-0.2, 0) is 6.54 Å². The Labute approximate surface area is 84.4 Å². The Bertz CT molecular complexity index is 331. The third-order valence-corrected chi connectivity index (χ3v) is 1.54. The van der Waals surface area contributed by atoms with Crippen LogP contribution in [0.3, 0.4) is 0 Å². The molecule has 1 aromatic rings. The maximum atomic E-state index is 10.4. The second kappa shape index (κ2) is 4.57. The summed E-state index contributed by atoms with van der Waals surface area (Å²) >= 11 is 4.99. The summed E-state index contributed by atoms with van der Waals surface area (Å²) in [6, 6.07) is 6.15. The first-order valence-corrected chi connectivity index (χ1v) is 4.04.